The largest absolute Gasteiger partial charge is 0.494 e. The van der Waals surface area contributed by atoms with Gasteiger partial charge in [-0.2, -0.15) is 0 Å². The first-order valence-electron chi connectivity index (χ1n) is 6.81. The highest BCUT2D eigenvalue weighted by atomic mass is 19.1. The van der Waals surface area contributed by atoms with Gasteiger partial charge in [-0.25, -0.2) is 9.07 Å². The fourth-order valence-corrected chi connectivity index (χ4v) is 2.21. The second-order valence-electron chi connectivity index (χ2n) is 5.01. The van der Waals surface area contributed by atoms with Gasteiger partial charge in [0.25, 0.3) is 0 Å². The van der Waals surface area contributed by atoms with Gasteiger partial charge >= 0.3 is 0 Å². The third kappa shape index (κ3) is 2.89. The molecule has 0 saturated heterocycles. The van der Waals surface area contributed by atoms with Crippen LogP contribution in [0.25, 0.3) is 0 Å². The Kier molecular flexibility index (Phi) is 3.54. The molecule has 1 aromatic heterocycles. The standard InChI is InChI=1S/C14H17FN4O/c15-11-4-6-12(7-5-11)20-9-1-8-19-13(10-2-3-10)14(16)17-18-19/h4-7,10H,1-3,8-9,16H2. The van der Waals surface area contributed by atoms with E-state index < -0.39 is 0 Å². The molecule has 0 radical (unpaired) electrons. The highest BCUT2D eigenvalue weighted by Gasteiger charge is 2.30. The van der Waals surface area contributed by atoms with E-state index in [0.29, 0.717) is 24.1 Å². The number of halogens is 1. The molecule has 0 amide bonds. The van der Waals surface area contributed by atoms with Crippen LogP contribution in [0, 0.1) is 5.82 Å². The summed E-state index contributed by atoms with van der Waals surface area (Å²) in [7, 11) is 0. The van der Waals surface area contributed by atoms with Crippen molar-refractivity contribution < 1.29 is 9.13 Å². The van der Waals surface area contributed by atoms with E-state index in [2.05, 4.69) is 10.3 Å². The summed E-state index contributed by atoms with van der Waals surface area (Å²) in [5.74, 6) is 1.49. The molecule has 1 fully saturated rings. The number of benzene rings is 1. The van der Waals surface area contributed by atoms with Gasteiger partial charge in [-0.15, -0.1) is 5.10 Å². The van der Waals surface area contributed by atoms with Gasteiger partial charge in [0, 0.05) is 18.9 Å². The molecule has 0 unspecified atom stereocenters. The van der Waals surface area contributed by atoms with E-state index in [-0.39, 0.29) is 5.82 Å². The normalized spacial score (nSPS) is 14.4. The van der Waals surface area contributed by atoms with E-state index in [4.69, 9.17) is 10.5 Å². The van der Waals surface area contributed by atoms with Crippen LogP contribution in [0.5, 0.6) is 5.75 Å². The average Bonchev–Trinajstić information content (AvgIpc) is 3.21. The molecule has 1 aromatic carbocycles. The highest BCUT2D eigenvalue weighted by Crippen LogP contribution is 2.41. The summed E-state index contributed by atoms with van der Waals surface area (Å²) in [5, 5.41) is 8.00. The van der Waals surface area contributed by atoms with Crippen molar-refractivity contribution in [3.63, 3.8) is 0 Å². The average molecular weight is 276 g/mol. The Morgan fingerprint density at radius 2 is 2.05 bits per heavy atom. The van der Waals surface area contributed by atoms with Gasteiger partial charge in [0.2, 0.25) is 0 Å². The molecular formula is C14H17FN4O. The molecule has 1 aliphatic rings. The lowest BCUT2D eigenvalue weighted by Crippen LogP contribution is -2.09. The number of hydrogen-bond donors (Lipinski definition) is 1. The SMILES string of the molecule is Nc1nnn(CCCOc2ccc(F)cc2)c1C1CC1. The van der Waals surface area contributed by atoms with E-state index in [1.807, 2.05) is 4.68 Å². The Morgan fingerprint density at radius 1 is 1.30 bits per heavy atom. The van der Waals surface area contributed by atoms with Crippen LogP contribution in [0.15, 0.2) is 24.3 Å². The number of rotatable bonds is 6. The summed E-state index contributed by atoms with van der Waals surface area (Å²) < 4.78 is 20.2. The Labute approximate surface area is 116 Å². The van der Waals surface area contributed by atoms with Gasteiger partial charge < -0.3 is 10.5 Å². The Morgan fingerprint density at radius 3 is 2.75 bits per heavy atom. The Hall–Kier alpha value is -2.11. The quantitative estimate of drug-likeness (QED) is 0.822. The summed E-state index contributed by atoms with van der Waals surface area (Å²) in [4.78, 5) is 0. The van der Waals surface area contributed by atoms with Gasteiger partial charge in [0.05, 0.1) is 12.3 Å². The molecule has 1 heterocycles. The minimum atomic E-state index is -0.260. The number of aryl methyl sites for hydroxylation is 1. The van der Waals surface area contributed by atoms with Crippen LogP contribution in [0.2, 0.25) is 0 Å². The summed E-state index contributed by atoms with van der Waals surface area (Å²) >= 11 is 0. The summed E-state index contributed by atoms with van der Waals surface area (Å²) in [5.41, 5.74) is 6.89. The van der Waals surface area contributed by atoms with Crippen molar-refractivity contribution in [2.75, 3.05) is 12.3 Å². The first-order valence-corrected chi connectivity index (χ1v) is 6.81. The molecule has 106 valence electrons. The van der Waals surface area contributed by atoms with Crippen LogP contribution in [0.1, 0.15) is 30.9 Å². The van der Waals surface area contributed by atoms with Crippen LogP contribution in [0.3, 0.4) is 0 Å². The molecule has 0 spiro atoms. The molecule has 2 N–H and O–H groups in total. The zero-order valence-electron chi connectivity index (χ0n) is 11.1. The van der Waals surface area contributed by atoms with Crippen LogP contribution < -0.4 is 10.5 Å². The number of ether oxygens (including phenoxy) is 1. The maximum atomic E-state index is 12.7. The van der Waals surface area contributed by atoms with Gasteiger partial charge in [-0.1, -0.05) is 5.21 Å². The van der Waals surface area contributed by atoms with Crippen molar-refractivity contribution in [1.82, 2.24) is 15.0 Å². The molecule has 0 atom stereocenters. The Balaban J connectivity index is 1.49. The van der Waals surface area contributed by atoms with Crippen molar-refractivity contribution in [2.24, 2.45) is 0 Å². The van der Waals surface area contributed by atoms with Crippen LogP contribution in [0.4, 0.5) is 10.2 Å². The van der Waals surface area contributed by atoms with Crippen LogP contribution in [-0.2, 0) is 6.54 Å². The van der Waals surface area contributed by atoms with Crippen LogP contribution in [-0.4, -0.2) is 21.6 Å². The monoisotopic (exact) mass is 276 g/mol. The molecule has 5 nitrogen and oxygen atoms in total. The van der Waals surface area contributed by atoms with Gasteiger partial charge in [0.15, 0.2) is 5.82 Å². The fraction of sp³-hybridized carbons (Fsp3) is 0.429. The van der Waals surface area contributed by atoms with Crippen molar-refractivity contribution in [3.8, 4) is 5.75 Å². The topological polar surface area (TPSA) is 66.0 Å². The predicted molar refractivity (Wildman–Crippen MR) is 72.9 cm³/mol. The lowest BCUT2D eigenvalue weighted by Gasteiger charge is -2.08. The van der Waals surface area contributed by atoms with E-state index >= 15 is 0 Å². The molecule has 6 heteroatoms. The minimum absolute atomic E-state index is 0.260. The number of anilines is 1. The molecule has 2 aromatic rings. The first kappa shape index (κ1) is 12.9. The number of hydrogen-bond acceptors (Lipinski definition) is 4. The highest BCUT2D eigenvalue weighted by molar-refractivity contribution is 5.38. The third-order valence-corrected chi connectivity index (χ3v) is 3.36. The Bertz CT molecular complexity index is 577. The maximum absolute atomic E-state index is 12.7. The summed E-state index contributed by atoms with van der Waals surface area (Å²) in [6.45, 7) is 1.28. The molecule has 0 bridgehead atoms. The van der Waals surface area contributed by atoms with E-state index in [9.17, 15) is 4.39 Å². The lowest BCUT2D eigenvalue weighted by molar-refractivity contribution is 0.296. The number of nitrogens with zero attached hydrogens (tertiary/aromatic N) is 3. The van der Waals surface area contributed by atoms with Crippen molar-refractivity contribution in [2.45, 2.75) is 31.7 Å². The first-order chi connectivity index (χ1) is 9.74. The zero-order chi connectivity index (χ0) is 13.9. The molecule has 3 rings (SSSR count). The molecule has 20 heavy (non-hydrogen) atoms. The minimum Gasteiger partial charge on any atom is -0.494 e. The molecule has 1 aliphatic carbocycles. The molecule has 0 aliphatic heterocycles. The maximum Gasteiger partial charge on any atom is 0.169 e. The van der Waals surface area contributed by atoms with Gasteiger partial charge in [-0.05, 0) is 37.1 Å². The second-order valence-corrected chi connectivity index (χ2v) is 5.01. The summed E-state index contributed by atoms with van der Waals surface area (Å²) in [6.07, 6.45) is 3.15. The number of nitrogen functional groups attached to an aromatic ring is 1. The van der Waals surface area contributed by atoms with E-state index in [0.717, 1.165) is 18.7 Å². The summed E-state index contributed by atoms with van der Waals surface area (Å²) in [6, 6.07) is 6.02. The van der Waals surface area contributed by atoms with Crippen molar-refractivity contribution in [1.29, 1.82) is 0 Å². The van der Waals surface area contributed by atoms with Crippen molar-refractivity contribution in [3.05, 3.63) is 35.8 Å². The van der Waals surface area contributed by atoms with E-state index in [1.54, 1.807) is 12.1 Å². The van der Waals surface area contributed by atoms with Gasteiger partial charge in [-0.3, -0.25) is 0 Å². The smallest absolute Gasteiger partial charge is 0.169 e. The van der Waals surface area contributed by atoms with Crippen LogP contribution >= 0.6 is 0 Å². The molecule has 1 saturated carbocycles. The molecular weight excluding hydrogens is 259 g/mol. The lowest BCUT2D eigenvalue weighted by atomic mass is 10.3. The second kappa shape index (κ2) is 5.48. The predicted octanol–water partition coefficient (Wildman–Crippen LogP) is 2.35. The third-order valence-electron chi connectivity index (χ3n) is 3.36. The van der Waals surface area contributed by atoms with E-state index in [1.165, 1.54) is 25.0 Å². The van der Waals surface area contributed by atoms with Crippen molar-refractivity contribution >= 4 is 5.82 Å². The number of aromatic nitrogens is 3. The zero-order valence-corrected chi connectivity index (χ0v) is 11.1. The number of nitrogens with two attached hydrogens (primary N) is 1. The van der Waals surface area contributed by atoms with Gasteiger partial charge in [0.1, 0.15) is 11.6 Å². The fourth-order valence-electron chi connectivity index (χ4n) is 2.21.